The SMILES string of the molecule is CC(CC(=O)O)CC(O)c1ccc(C2CCCCC2)cc1. The number of hydrogen-bond acceptors (Lipinski definition) is 2. The number of carboxylic acids is 1. The van der Waals surface area contributed by atoms with E-state index in [2.05, 4.69) is 12.1 Å². The molecule has 1 aromatic carbocycles. The second kappa shape index (κ2) is 7.60. The predicted molar refractivity (Wildman–Crippen MR) is 83.3 cm³/mol. The summed E-state index contributed by atoms with van der Waals surface area (Å²) in [7, 11) is 0. The Balaban J connectivity index is 1.92. The van der Waals surface area contributed by atoms with E-state index in [4.69, 9.17) is 5.11 Å². The average molecular weight is 290 g/mol. The maximum Gasteiger partial charge on any atom is 0.303 e. The van der Waals surface area contributed by atoms with Crippen LogP contribution in [-0.2, 0) is 4.79 Å². The topological polar surface area (TPSA) is 57.5 Å². The van der Waals surface area contributed by atoms with Gasteiger partial charge in [0.15, 0.2) is 0 Å². The van der Waals surface area contributed by atoms with E-state index in [0.29, 0.717) is 12.3 Å². The van der Waals surface area contributed by atoms with Crippen LogP contribution in [-0.4, -0.2) is 16.2 Å². The van der Waals surface area contributed by atoms with Crippen LogP contribution in [0.25, 0.3) is 0 Å². The number of rotatable bonds is 6. The first-order valence-electron chi connectivity index (χ1n) is 8.06. The Kier molecular flexibility index (Phi) is 5.80. The minimum absolute atomic E-state index is 0.0180. The Morgan fingerprint density at radius 2 is 1.81 bits per heavy atom. The summed E-state index contributed by atoms with van der Waals surface area (Å²) in [6.45, 7) is 1.87. The standard InChI is InChI=1S/C18H26O3/c1-13(12-18(20)21)11-17(19)16-9-7-15(8-10-16)14-5-3-2-4-6-14/h7-10,13-14,17,19H,2-6,11-12H2,1H3,(H,20,21). The fraction of sp³-hybridized carbons (Fsp3) is 0.611. The van der Waals surface area contributed by atoms with Crippen molar-refractivity contribution < 1.29 is 15.0 Å². The molecule has 1 fully saturated rings. The third-order valence-corrected chi connectivity index (χ3v) is 4.55. The summed E-state index contributed by atoms with van der Waals surface area (Å²) in [5.74, 6) is -0.145. The molecule has 0 aromatic heterocycles. The number of benzene rings is 1. The number of carbonyl (C=O) groups is 1. The van der Waals surface area contributed by atoms with Crippen LogP contribution in [0.3, 0.4) is 0 Å². The molecule has 116 valence electrons. The molecule has 1 aromatic rings. The van der Waals surface area contributed by atoms with Gasteiger partial charge in [-0.2, -0.15) is 0 Å². The van der Waals surface area contributed by atoms with Crippen LogP contribution in [0, 0.1) is 5.92 Å². The molecule has 2 rings (SSSR count). The number of hydrogen-bond donors (Lipinski definition) is 2. The fourth-order valence-corrected chi connectivity index (χ4v) is 3.32. The highest BCUT2D eigenvalue weighted by atomic mass is 16.4. The lowest BCUT2D eigenvalue weighted by Crippen LogP contribution is -2.09. The molecule has 0 amide bonds. The lowest BCUT2D eigenvalue weighted by molar-refractivity contribution is -0.138. The summed E-state index contributed by atoms with van der Waals surface area (Å²) in [4.78, 5) is 10.7. The Labute approximate surface area is 127 Å². The van der Waals surface area contributed by atoms with Gasteiger partial charge in [-0.05, 0) is 42.2 Å². The molecular formula is C18H26O3. The highest BCUT2D eigenvalue weighted by Gasteiger charge is 2.17. The molecule has 0 bridgehead atoms. The minimum atomic E-state index is -0.803. The van der Waals surface area contributed by atoms with Gasteiger partial charge in [-0.1, -0.05) is 50.5 Å². The molecule has 2 N–H and O–H groups in total. The first-order chi connectivity index (χ1) is 10.1. The predicted octanol–water partition coefficient (Wildman–Crippen LogP) is 4.27. The van der Waals surface area contributed by atoms with E-state index in [-0.39, 0.29) is 12.3 Å². The maximum absolute atomic E-state index is 10.7. The van der Waals surface area contributed by atoms with Gasteiger partial charge in [0.25, 0.3) is 0 Å². The monoisotopic (exact) mass is 290 g/mol. The highest BCUT2D eigenvalue weighted by Crippen LogP contribution is 2.33. The van der Waals surface area contributed by atoms with Gasteiger partial charge < -0.3 is 10.2 Å². The summed E-state index contributed by atoms with van der Waals surface area (Å²) < 4.78 is 0. The molecule has 2 unspecified atom stereocenters. The number of aliphatic hydroxyl groups excluding tert-OH is 1. The second-order valence-electron chi connectivity index (χ2n) is 6.46. The number of aliphatic hydroxyl groups is 1. The molecule has 1 aliphatic carbocycles. The van der Waals surface area contributed by atoms with Gasteiger partial charge in [-0.25, -0.2) is 0 Å². The van der Waals surface area contributed by atoms with E-state index in [1.165, 1.54) is 37.7 Å². The zero-order chi connectivity index (χ0) is 15.2. The number of carboxylic acid groups (broad SMARTS) is 1. The summed E-state index contributed by atoms with van der Waals surface area (Å²) in [5, 5.41) is 19.0. The van der Waals surface area contributed by atoms with Crippen LogP contribution in [0.5, 0.6) is 0 Å². The van der Waals surface area contributed by atoms with E-state index in [1.54, 1.807) is 0 Å². The maximum atomic E-state index is 10.7. The first-order valence-corrected chi connectivity index (χ1v) is 8.06. The second-order valence-corrected chi connectivity index (χ2v) is 6.46. The van der Waals surface area contributed by atoms with Crippen LogP contribution in [0.15, 0.2) is 24.3 Å². The highest BCUT2D eigenvalue weighted by molar-refractivity contribution is 5.66. The van der Waals surface area contributed by atoms with Crippen molar-refractivity contribution in [3.8, 4) is 0 Å². The molecule has 3 heteroatoms. The summed E-state index contributed by atoms with van der Waals surface area (Å²) in [6.07, 6.45) is 6.58. The molecule has 0 saturated heterocycles. The van der Waals surface area contributed by atoms with Crippen LogP contribution in [0.1, 0.15) is 75.0 Å². The quantitative estimate of drug-likeness (QED) is 0.822. The van der Waals surface area contributed by atoms with Crippen LogP contribution < -0.4 is 0 Å². The van der Waals surface area contributed by atoms with Crippen molar-refractivity contribution in [3.63, 3.8) is 0 Å². The molecule has 1 saturated carbocycles. The molecular weight excluding hydrogens is 264 g/mol. The number of aliphatic carboxylic acids is 1. The van der Waals surface area contributed by atoms with E-state index >= 15 is 0 Å². The Morgan fingerprint density at radius 1 is 1.19 bits per heavy atom. The van der Waals surface area contributed by atoms with Gasteiger partial charge in [0, 0.05) is 6.42 Å². The van der Waals surface area contributed by atoms with E-state index in [0.717, 1.165) is 5.56 Å². The van der Waals surface area contributed by atoms with Crippen molar-refractivity contribution in [3.05, 3.63) is 35.4 Å². The Bertz CT molecular complexity index is 446. The van der Waals surface area contributed by atoms with Gasteiger partial charge in [-0.3, -0.25) is 4.79 Å². The Hall–Kier alpha value is -1.35. The minimum Gasteiger partial charge on any atom is -0.481 e. The van der Waals surface area contributed by atoms with Crippen LogP contribution >= 0.6 is 0 Å². The molecule has 0 spiro atoms. The Morgan fingerprint density at radius 3 is 2.38 bits per heavy atom. The van der Waals surface area contributed by atoms with E-state index in [9.17, 15) is 9.90 Å². The third-order valence-electron chi connectivity index (χ3n) is 4.55. The van der Waals surface area contributed by atoms with Gasteiger partial charge in [-0.15, -0.1) is 0 Å². The van der Waals surface area contributed by atoms with Crippen LogP contribution in [0.4, 0.5) is 0 Å². The molecule has 0 heterocycles. The molecule has 3 nitrogen and oxygen atoms in total. The molecule has 21 heavy (non-hydrogen) atoms. The summed E-state index contributed by atoms with van der Waals surface area (Å²) in [5.41, 5.74) is 2.27. The van der Waals surface area contributed by atoms with Gasteiger partial charge >= 0.3 is 5.97 Å². The zero-order valence-electron chi connectivity index (χ0n) is 12.8. The summed E-state index contributed by atoms with van der Waals surface area (Å²) >= 11 is 0. The smallest absolute Gasteiger partial charge is 0.303 e. The first kappa shape index (κ1) is 16.0. The van der Waals surface area contributed by atoms with Gasteiger partial charge in [0.2, 0.25) is 0 Å². The third kappa shape index (κ3) is 4.85. The lowest BCUT2D eigenvalue weighted by atomic mass is 9.83. The van der Waals surface area contributed by atoms with E-state index < -0.39 is 12.1 Å². The fourth-order valence-electron chi connectivity index (χ4n) is 3.32. The van der Waals surface area contributed by atoms with Gasteiger partial charge in [0.05, 0.1) is 6.10 Å². The normalized spacial score (nSPS) is 19.1. The molecule has 0 radical (unpaired) electrons. The largest absolute Gasteiger partial charge is 0.481 e. The van der Waals surface area contributed by atoms with Crippen molar-refractivity contribution in [2.75, 3.05) is 0 Å². The lowest BCUT2D eigenvalue weighted by Gasteiger charge is -2.22. The van der Waals surface area contributed by atoms with Crippen molar-refractivity contribution in [2.24, 2.45) is 5.92 Å². The van der Waals surface area contributed by atoms with Crippen LogP contribution in [0.2, 0.25) is 0 Å². The van der Waals surface area contributed by atoms with E-state index in [1.807, 2.05) is 19.1 Å². The molecule has 0 aliphatic heterocycles. The van der Waals surface area contributed by atoms with Crippen molar-refractivity contribution in [1.29, 1.82) is 0 Å². The molecule has 1 aliphatic rings. The zero-order valence-corrected chi connectivity index (χ0v) is 12.8. The average Bonchev–Trinajstić information content (AvgIpc) is 2.47. The van der Waals surface area contributed by atoms with Gasteiger partial charge in [0.1, 0.15) is 0 Å². The van der Waals surface area contributed by atoms with Crippen molar-refractivity contribution in [2.45, 2.75) is 63.9 Å². The van der Waals surface area contributed by atoms with Crippen molar-refractivity contribution in [1.82, 2.24) is 0 Å². The van der Waals surface area contributed by atoms with Crippen molar-refractivity contribution >= 4 is 5.97 Å². The summed E-state index contributed by atoms with van der Waals surface area (Å²) in [6, 6.07) is 8.27. The molecule has 2 atom stereocenters.